The third-order valence-corrected chi connectivity index (χ3v) is 4.99. The fourth-order valence-electron chi connectivity index (χ4n) is 2.18. The molecule has 0 unspecified atom stereocenters. The number of unbranched alkanes of at least 4 members (excludes halogenated alkanes) is 11. The summed E-state index contributed by atoms with van der Waals surface area (Å²) in [6, 6.07) is 0. The second-order valence-corrected chi connectivity index (χ2v) is 8.18. The van der Waals surface area contributed by atoms with Gasteiger partial charge < -0.3 is 9.79 Å². The van der Waals surface area contributed by atoms with Crippen LogP contribution in [-0.4, -0.2) is 20.4 Å². The second-order valence-electron chi connectivity index (χ2n) is 5.32. The molecule has 2 N–H and O–H groups in total. The average molecular weight is 404 g/mol. The molecular formula is C14H30IO3P. The molecule has 0 spiro atoms. The van der Waals surface area contributed by atoms with E-state index >= 15 is 0 Å². The summed E-state index contributed by atoms with van der Waals surface area (Å²) in [5.41, 5.74) is 0. The molecule has 0 aromatic rings. The van der Waals surface area contributed by atoms with Crippen molar-refractivity contribution in [3.8, 4) is 0 Å². The molecule has 0 aromatic carbocycles. The Kier molecular flexibility index (Phi) is 14.5. The predicted molar refractivity (Wildman–Crippen MR) is 91.2 cm³/mol. The summed E-state index contributed by atoms with van der Waals surface area (Å²) in [7, 11) is -3.75. The highest BCUT2D eigenvalue weighted by atomic mass is 127. The zero-order valence-electron chi connectivity index (χ0n) is 12.0. The summed E-state index contributed by atoms with van der Waals surface area (Å²) >= 11 is 2.44. The minimum absolute atomic E-state index is 0.0597. The lowest BCUT2D eigenvalue weighted by atomic mass is 10.1. The molecule has 0 aliphatic heterocycles. The minimum atomic E-state index is -3.75. The molecule has 0 aromatic heterocycles. The maximum atomic E-state index is 10.6. The van der Waals surface area contributed by atoms with Crippen LogP contribution in [0.2, 0.25) is 0 Å². The lowest BCUT2D eigenvalue weighted by Crippen LogP contribution is -1.88. The molecule has 3 nitrogen and oxygen atoms in total. The molecule has 0 saturated carbocycles. The van der Waals surface area contributed by atoms with Crippen molar-refractivity contribution in [1.29, 1.82) is 0 Å². The largest absolute Gasteiger partial charge is 0.325 e. The second kappa shape index (κ2) is 13.8. The SMILES string of the molecule is O=P(O)(O)CCCCCCCCCCCCCCI. The van der Waals surface area contributed by atoms with Crippen LogP contribution in [0, 0.1) is 0 Å². The van der Waals surface area contributed by atoms with Gasteiger partial charge in [-0.15, -0.1) is 0 Å². The van der Waals surface area contributed by atoms with E-state index in [2.05, 4.69) is 22.6 Å². The fraction of sp³-hybridized carbons (Fsp3) is 1.00. The molecule has 0 amide bonds. The molecule has 0 atom stereocenters. The highest BCUT2D eigenvalue weighted by molar-refractivity contribution is 14.1. The standard InChI is InChI=1S/C14H30IO3P/c15-13-11-9-7-5-3-1-2-4-6-8-10-12-14-19(16,17)18/h1-14H2,(H2,16,17,18). The Bertz CT molecular complexity index is 231. The van der Waals surface area contributed by atoms with Crippen molar-refractivity contribution in [1.82, 2.24) is 0 Å². The van der Waals surface area contributed by atoms with Crippen LogP contribution < -0.4 is 0 Å². The van der Waals surface area contributed by atoms with Gasteiger partial charge in [-0.25, -0.2) is 0 Å². The van der Waals surface area contributed by atoms with E-state index in [1.165, 1.54) is 62.2 Å². The van der Waals surface area contributed by atoms with E-state index in [9.17, 15) is 4.57 Å². The lowest BCUT2D eigenvalue weighted by Gasteiger charge is -2.04. The van der Waals surface area contributed by atoms with Gasteiger partial charge in [-0.05, 0) is 17.3 Å². The van der Waals surface area contributed by atoms with Crippen LogP contribution >= 0.6 is 30.2 Å². The first-order valence-electron chi connectivity index (χ1n) is 7.67. The summed E-state index contributed by atoms with van der Waals surface area (Å²) in [5.74, 6) is 0. The van der Waals surface area contributed by atoms with Gasteiger partial charge in [0.05, 0.1) is 0 Å². The van der Waals surface area contributed by atoms with Crippen LogP contribution in [0.25, 0.3) is 0 Å². The van der Waals surface area contributed by atoms with Crippen molar-refractivity contribution >= 4 is 30.2 Å². The van der Waals surface area contributed by atoms with Crippen LogP contribution in [0.1, 0.15) is 77.0 Å². The van der Waals surface area contributed by atoms with Gasteiger partial charge in [0.25, 0.3) is 0 Å². The van der Waals surface area contributed by atoms with Gasteiger partial charge >= 0.3 is 7.60 Å². The Morgan fingerprint density at radius 1 is 0.632 bits per heavy atom. The van der Waals surface area contributed by atoms with Gasteiger partial charge in [0.2, 0.25) is 0 Å². The quantitative estimate of drug-likeness (QED) is 0.179. The molecule has 0 rings (SSSR count). The molecule has 5 heteroatoms. The molecule has 0 bridgehead atoms. The molecule has 116 valence electrons. The maximum Gasteiger partial charge on any atom is 0.325 e. The zero-order chi connectivity index (χ0) is 14.4. The summed E-state index contributed by atoms with van der Waals surface area (Å²) < 4.78 is 11.9. The van der Waals surface area contributed by atoms with Gasteiger partial charge in [-0.3, -0.25) is 4.57 Å². The molecule has 19 heavy (non-hydrogen) atoms. The molecular weight excluding hydrogens is 374 g/mol. The van der Waals surface area contributed by atoms with Crippen LogP contribution in [0.5, 0.6) is 0 Å². The highest BCUT2D eigenvalue weighted by Crippen LogP contribution is 2.35. The Hall–Kier alpha value is 0.880. The van der Waals surface area contributed by atoms with Crippen molar-refractivity contribution < 1.29 is 14.4 Å². The molecule has 0 fully saturated rings. The number of alkyl halides is 1. The van der Waals surface area contributed by atoms with Crippen molar-refractivity contribution in [2.45, 2.75) is 77.0 Å². The van der Waals surface area contributed by atoms with E-state index in [0.717, 1.165) is 12.8 Å². The summed E-state index contributed by atoms with van der Waals surface area (Å²) in [5, 5.41) is 0. The van der Waals surface area contributed by atoms with Gasteiger partial charge in [0, 0.05) is 6.16 Å². The van der Waals surface area contributed by atoms with Crippen molar-refractivity contribution in [2.75, 3.05) is 10.6 Å². The van der Waals surface area contributed by atoms with E-state index < -0.39 is 7.60 Å². The fourth-order valence-corrected chi connectivity index (χ4v) is 3.35. The third-order valence-electron chi connectivity index (χ3n) is 3.33. The van der Waals surface area contributed by atoms with Gasteiger partial charge in [0.1, 0.15) is 0 Å². The van der Waals surface area contributed by atoms with Gasteiger partial charge in [-0.1, -0.05) is 86.8 Å². The van der Waals surface area contributed by atoms with E-state index in [1.54, 1.807) is 0 Å². The van der Waals surface area contributed by atoms with Crippen LogP contribution in [0.15, 0.2) is 0 Å². The average Bonchev–Trinajstić information content (AvgIpc) is 2.34. The molecule has 0 aliphatic rings. The van der Waals surface area contributed by atoms with Crippen LogP contribution in [0.3, 0.4) is 0 Å². The Morgan fingerprint density at radius 2 is 0.947 bits per heavy atom. The summed E-state index contributed by atoms with van der Waals surface area (Å²) in [6.07, 6.45) is 14.9. The number of hydrogen-bond donors (Lipinski definition) is 2. The van der Waals surface area contributed by atoms with E-state index in [0.29, 0.717) is 6.42 Å². The molecule has 0 heterocycles. The molecule has 0 radical (unpaired) electrons. The Balaban J connectivity index is 3.01. The van der Waals surface area contributed by atoms with E-state index in [1.807, 2.05) is 0 Å². The first-order valence-corrected chi connectivity index (χ1v) is 11.0. The summed E-state index contributed by atoms with van der Waals surface area (Å²) in [4.78, 5) is 17.4. The van der Waals surface area contributed by atoms with Crippen LogP contribution in [-0.2, 0) is 4.57 Å². The number of rotatable bonds is 14. The van der Waals surface area contributed by atoms with Crippen molar-refractivity contribution in [3.63, 3.8) is 0 Å². The smallest absolute Gasteiger partial charge is 0.324 e. The van der Waals surface area contributed by atoms with Crippen molar-refractivity contribution in [2.24, 2.45) is 0 Å². The lowest BCUT2D eigenvalue weighted by molar-refractivity contribution is 0.370. The Labute approximate surface area is 132 Å². The zero-order valence-corrected chi connectivity index (χ0v) is 15.1. The van der Waals surface area contributed by atoms with E-state index in [4.69, 9.17) is 9.79 Å². The monoisotopic (exact) mass is 404 g/mol. The molecule has 0 saturated heterocycles. The van der Waals surface area contributed by atoms with Gasteiger partial charge in [0.15, 0.2) is 0 Å². The maximum absolute atomic E-state index is 10.6. The van der Waals surface area contributed by atoms with Crippen LogP contribution in [0.4, 0.5) is 0 Å². The molecule has 0 aliphatic carbocycles. The van der Waals surface area contributed by atoms with E-state index in [-0.39, 0.29) is 6.16 Å². The number of halogens is 1. The first-order chi connectivity index (χ1) is 9.06. The first kappa shape index (κ1) is 19.9. The predicted octanol–water partition coefficient (Wildman–Crippen LogP) is 5.28. The summed E-state index contributed by atoms with van der Waals surface area (Å²) in [6.45, 7) is 0. The number of hydrogen-bond acceptors (Lipinski definition) is 1. The van der Waals surface area contributed by atoms with Crippen molar-refractivity contribution in [3.05, 3.63) is 0 Å². The van der Waals surface area contributed by atoms with Gasteiger partial charge in [-0.2, -0.15) is 0 Å². The minimum Gasteiger partial charge on any atom is -0.324 e. The topological polar surface area (TPSA) is 57.5 Å². The highest BCUT2D eigenvalue weighted by Gasteiger charge is 2.10. The third kappa shape index (κ3) is 18.9. The Morgan fingerprint density at radius 3 is 1.26 bits per heavy atom. The normalized spacial score (nSPS) is 11.9.